The van der Waals surface area contributed by atoms with Crippen LogP contribution in [0.3, 0.4) is 0 Å². The third-order valence-electron chi connectivity index (χ3n) is 4.51. The molecule has 2 aromatic heterocycles. The summed E-state index contributed by atoms with van der Waals surface area (Å²) in [5.41, 5.74) is 2.83. The van der Waals surface area contributed by atoms with Crippen LogP contribution in [0.2, 0.25) is 0 Å². The van der Waals surface area contributed by atoms with Crippen molar-refractivity contribution in [1.29, 1.82) is 0 Å². The quantitative estimate of drug-likeness (QED) is 0.575. The molecule has 8 nitrogen and oxygen atoms in total. The Morgan fingerprint density at radius 3 is 2.68 bits per heavy atom. The predicted octanol–water partition coefficient (Wildman–Crippen LogP) is 1.85. The Morgan fingerprint density at radius 2 is 1.93 bits per heavy atom. The van der Waals surface area contributed by atoms with Crippen molar-refractivity contribution in [2.45, 2.75) is 19.5 Å². The molecule has 4 aromatic rings. The highest BCUT2D eigenvalue weighted by atomic mass is 16.2. The Morgan fingerprint density at radius 1 is 1.14 bits per heavy atom. The molecule has 0 spiro atoms. The lowest BCUT2D eigenvalue weighted by Crippen LogP contribution is -2.34. The highest BCUT2D eigenvalue weighted by Crippen LogP contribution is 2.15. The van der Waals surface area contributed by atoms with Crippen LogP contribution in [-0.2, 0) is 11.3 Å². The normalized spacial score (nSPS) is 12.0. The second kappa shape index (κ2) is 7.43. The molecule has 0 saturated heterocycles. The van der Waals surface area contributed by atoms with E-state index in [2.05, 4.69) is 20.4 Å². The molecule has 28 heavy (non-hydrogen) atoms. The SMILES string of the molecule is CC(NC(=O)Cn1c(=O)cnc2ccccc21)c1ccc(-n2cncn2)cc1. The maximum atomic E-state index is 12.5. The van der Waals surface area contributed by atoms with E-state index < -0.39 is 0 Å². The minimum absolute atomic E-state index is 0.0662. The first-order valence-electron chi connectivity index (χ1n) is 8.81. The highest BCUT2D eigenvalue weighted by molar-refractivity contribution is 5.80. The van der Waals surface area contributed by atoms with Crippen LogP contribution in [0, 0.1) is 0 Å². The Kier molecular flexibility index (Phi) is 4.67. The number of rotatable bonds is 5. The molecule has 8 heteroatoms. The summed E-state index contributed by atoms with van der Waals surface area (Å²) in [4.78, 5) is 32.8. The number of benzene rings is 2. The molecule has 0 bridgehead atoms. The van der Waals surface area contributed by atoms with Gasteiger partial charge in [-0.1, -0.05) is 24.3 Å². The molecule has 4 rings (SSSR count). The summed E-state index contributed by atoms with van der Waals surface area (Å²) in [5.74, 6) is -0.244. The topological polar surface area (TPSA) is 94.7 Å². The van der Waals surface area contributed by atoms with Crippen LogP contribution in [0.5, 0.6) is 0 Å². The van der Waals surface area contributed by atoms with E-state index in [1.807, 2.05) is 49.4 Å². The van der Waals surface area contributed by atoms with Crippen LogP contribution in [0.25, 0.3) is 16.7 Å². The second-order valence-corrected chi connectivity index (χ2v) is 6.39. The fourth-order valence-electron chi connectivity index (χ4n) is 3.05. The van der Waals surface area contributed by atoms with Gasteiger partial charge in [0, 0.05) is 0 Å². The number of para-hydroxylation sites is 2. The van der Waals surface area contributed by atoms with Crippen molar-refractivity contribution >= 4 is 16.9 Å². The summed E-state index contributed by atoms with van der Waals surface area (Å²) >= 11 is 0. The number of carbonyl (C=O) groups is 1. The smallest absolute Gasteiger partial charge is 0.269 e. The first kappa shape index (κ1) is 17.6. The number of aromatic nitrogens is 5. The van der Waals surface area contributed by atoms with Crippen LogP contribution in [-0.4, -0.2) is 30.2 Å². The molecular weight excluding hydrogens is 356 g/mol. The number of hydrogen-bond donors (Lipinski definition) is 1. The van der Waals surface area contributed by atoms with Gasteiger partial charge in [-0.15, -0.1) is 0 Å². The molecule has 1 amide bonds. The lowest BCUT2D eigenvalue weighted by molar-refractivity contribution is -0.122. The number of carbonyl (C=O) groups excluding carboxylic acids is 1. The fourth-order valence-corrected chi connectivity index (χ4v) is 3.05. The van der Waals surface area contributed by atoms with Crippen molar-refractivity contribution in [3.05, 3.63) is 83.3 Å². The minimum atomic E-state index is -0.307. The molecule has 140 valence electrons. The van der Waals surface area contributed by atoms with E-state index in [0.717, 1.165) is 11.3 Å². The minimum Gasteiger partial charge on any atom is -0.348 e. The standard InChI is InChI=1S/C20H18N6O2/c1-14(15-6-8-16(9-7-15)26-13-21-12-23-26)24-19(27)11-25-18-5-3-2-4-17(18)22-10-20(25)28/h2-10,12-14H,11H2,1H3,(H,24,27). The molecular formula is C20H18N6O2. The molecule has 1 atom stereocenters. The summed E-state index contributed by atoms with van der Waals surface area (Å²) in [6.45, 7) is 1.83. The van der Waals surface area contributed by atoms with Crippen LogP contribution in [0.1, 0.15) is 18.5 Å². The van der Waals surface area contributed by atoms with Crippen LogP contribution in [0.15, 0.2) is 72.2 Å². The van der Waals surface area contributed by atoms with Crippen molar-refractivity contribution in [1.82, 2.24) is 29.6 Å². The number of hydrogen-bond acceptors (Lipinski definition) is 5. The average Bonchev–Trinajstić information content (AvgIpc) is 3.25. The third-order valence-corrected chi connectivity index (χ3v) is 4.51. The number of nitrogens with zero attached hydrogens (tertiary/aromatic N) is 5. The van der Waals surface area contributed by atoms with E-state index in [1.54, 1.807) is 17.1 Å². The monoisotopic (exact) mass is 374 g/mol. The zero-order valence-electron chi connectivity index (χ0n) is 15.2. The second-order valence-electron chi connectivity index (χ2n) is 6.39. The molecule has 0 radical (unpaired) electrons. The molecule has 0 aliphatic carbocycles. The van der Waals surface area contributed by atoms with E-state index in [9.17, 15) is 9.59 Å². The highest BCUT2D eigenvalue weighted by Gasteiger charge is 2.13. The third kappa shape index (κ3) is 3.52. The molecule has 0 aliphatic rings. The first-order chi connectivity index (χ1) is 13.6. The van der Waals surface area contributed by atoms with Gasteiger partial charge in [0.1, 0.15) is 19.2 Å². The van der Waals surface area contributed by atoms with Crippen LogP contribution >= 0.6 is 0 Å². The lowest BCUT2D eigenvalue weighted by atomic mass is 10.1. The Hall–Kier alpha value is -3.81. The maximum Gasteiger partial charge on any atom is 0.269 e. The largest absolute Gasteiger partial charge is 0.348 e. The molecule has 2 aromatic carbocycles. The summed E-state index contributed by atoms with van der Waals surface area (Å²) in [7, 11) is 0. The molecule has 0 saturated carbocycles. The van der Waals surface area contributed by atoms with Gasteiger partial charge in [0.05, 0.1) is 29.0 Å². The molecule has 0 fully saturated rings. The van der Waals surface area contributed by atoms with Gasteiger partial charge in [0.15, 0.2) is 0 Å². The van der Waals surface area contributed by atoms with Gasteiger partial charge < -0.3 is 5.32 Å². The van der Waals surface area contributed by atoms with E-state index in [-0.39, 0.29) is 24.1 Å². The Balaban J connectivity index is 1.48. The van der Waals surface area contributed by atoms with Gasteiger partial charge in [-0.25, -0.2) is 14.6 Å². The fraction of sp³-hybridized carbons (Fsp3) is 0.150. The van der Waals surface area contributed by atoms with Gasteiger partial charge in [0.2, 0.25) is 5.91 Å². The number of amides is 1. The zero-order chi connectivity index (χ0) is 19.5. The molecule has 1 N–H and O–H groups in total. The van der Waals surface area contributed by atoms with E-state index in [1.165, 1.54) is 17.1 Å². The first-order valence-corrected chi connectivity index (χ1v) is 8.81. The van der Waals surface area contributed by atoms with E-state index >= 15 is 0 Å². The zero-order valence-corrected chi connectivity index (χ0v) is 15.2. The number of nitrogens with one attached hydrogen (secondary N) is 1. The maximum absolute atomic E-state index is 12.5. The van der Waals surface area contributed by atoms with E-state index in [0.29, 0.717) is 11.0 Å². The van der Waals surface area contributed by atoms with Crippen molar-refractivity contribution < 1.29 is 4.79 Å². The lowest BCUT2D eigenvalue weighted by Gasteiger charge is -2.16. The summed E-state index contributed by atoms with van der Waals surface area (Å²) in [6.07, 6.45) is 4.33. The Labute approximate surface area is 160 Å². The molecule has 2 heterocycles. The predicted molar refractivity (Wildman–Crippen MR) is 104 cm³/mol. The van der Waals surface area contributed by atoms with Crippen molar-refractivity contribution in [2.24, 2.45) is 0 Å². The van der Waals surface area contributed by atoms with Gasteiger partial charge in [-0.2, -0.15) is 5.10 Å². The molecule has 0 aliphatic heterocycles. The van der Waals surface area contributed by atoms with Crippen LogP contribution < -0.4 is 10.9 Å². The van der Waals surface area contributed by atoms with Gasteiger partial charge in [-0.05, 0) is 36.8 Å². The summed E-state index contributed by atoms with van der Waals surface area (Å²) in [6, 6.07) is 14.7. The van der Waals surface area contributed by atoms with Gasteiger partial charge in [-0.3, -0.25) is 14.2 Å². The molecule has 1 unspecified atom stereocenters. The Bertz CT molecular complexity index is 1170. The number of fused-ring (bicyclic) bond motifs is 1. The van der Waals surface area contributed by atoms with Crippen molar-refractivity contribution in [3.8, 4) is 5.69 Å². The van der Waals surface area contributed by atoms with Gasteiger partial charge in [0.25, 0.3) is 5.56 Å². The van der Waals surface area contributed by atoms with E-state index in [4.69, 9.17) is 0 Å². The van der Waals surface area contributed by atoms with Gasteiger partial charge >= 0.3 is 0 Å². The average molecular weight is 374 g/mol. The van der Waals surface area contributed by atoms with Crippen LogP contribution in [0.4, 0.5) is 0 Å². The summed E-state index contributed by atoms with van der Waals surface area (Å²) in [5, 5.41) is 7.02. The summed E-state index contributed by atoms with van der Waals surface area (Å²) < 4.78 is 3.09. The van der Waals surface area contributed by atoms with Crippen molar-refractivity contribution in [2.75, 3.05) is 0 Å². The van der Waals surface area contributed by atoms with Crippen molar-refractivity contribution in [3.63, 3.8) is 0 Å².